The molecule has 0 aromatic heterocycles. The Labute approximate surface area is 248 Å². The van der Waals surface area contributed by atoms with E-state index >= 15 is 0 Å². The summed E-state index contributed by atoms with van der Waals surface area (Å²) >= 11 is 3.33. The molecule has 0 fully saturated rings. The Bertz CT molecular complexity index is 530. The van der Waals surface area contributed by atoms with Crippen LogP contribution in [0.2, 0.25) is 0 Å². The molecular weight excluding hydrogens is 634 g/mol. The molecule has 0 spiro atoms. The van der Waals surface area contributed by atoms with Crippen LogP contribution >= 0.6 is 15.9 Å². The number of unbranched alkanes of at least 4 members (excludes halogenated alkanes) is 4. The predicted molar refractivity (Wildman–Crippen MR) is 130 cm³/mol. The summed E-state index contributed by atoms with van der Waals surface area (Å²) < 4.78 is 14.5. The van der Waals surface area contributed by atoms with Gasteiger partial charge in [0.1, 0.15) is 6.61 Å². The number of hydrogen-bond donors (Lipinski definition) is 1. The number of ether oxygens (including phenoxy) is 3. The number of carbonyl (C=O) groups is 2. The van der Waals surface area contributed by atoms with Crippen LogP contribution in [-0.2, 0) is 28.6 Å². The fraction of sp³-hybridized carbons (Fsp3) is 0.818. The van der Waals surface area contributed by atoms with Crippen LogP contribution in [0, 0.1) is 0 Å². The zero-order valence-electron chi connectivity index (χ0n) is 22.1. The van der Waals surface area contributed by atoms with Gasteiger partial charge in [-0.15, -0.1) is 0 Å². The molecule has 13 heteroatoms. The standard InChI is InChI=1S/C10H19NO4.C8H15BrO2.C4H9NO2.HI.Li/c1-3-14-9(2)11-15-8-6-4-5-7-10(12)13;1-2-11-8(10)6-4-3-5-7-9;1-3-7-4(2)5-6;;/h3-8H2,1-2H3,(H,12,13);2-7H2,1H3;6H,3H2,1-2H3;1H;/q;;;;+1/p-2/b11-9+;;5-4+;;. The third-order valence-electron chi connectivity index (χ3n) is 3.48. The third kappa shape index (κ3) is 47.2. The first-order valence-electron chi connectivity index (χ1n) is 11.3. The van der Waals surface area contributed by atoms with E-state index in [1.54, 1.807) is 13.8 Å². The number of esters is 1. The van der Waals surface area contributed by atoms with E-state index in [4.69, 9.17) is 24.3 Å². The first kappa shape index (κ1) is 44.3. The second-order valence-corrected chi connectivity index (χ2v) is 7.21. The molecule has 0 aliphatic rings. The molecule has 0 aliphatic heterocycles. The Morgan fingerprint density at radius 2 is 1.34 bits per heavy atom. The van der Waals surface area contributed by atoms with Gasteiger partial charge in [0.15, 0.2) is 0 Å². The monoisotopic (exact) mass is 675 g/mol. The summed E-state index contributed by atoms with van der Waals surface area (Å²) in [4.78, 5) is 25.8. The van der Waals surface area contributed by atoms with E-state index in [0.29, 0.717) is 51.1 Å². The molecular formula is C22H42BrILiN2O8-. The van der Waals surface area contributed by atoms with Gasteiger partial charge in [-0.3, -0.25) is 4.79 Å². The van der Waals surface area contributed by atoms with Crippen molar-refractivity contribution < 1.29 is 81.8 Å². The van der Waals surface area contributed by atoms with Gasteiger partial charge in [-0.25, -0.2) is 0 Å². The summed E-state index contributed by atoms with van der Waals surface area (Å²) in [6.45, 7) is 10.9. The molecule has 0 bridgehead atoms. The van der Waals surface area contributed by atoms with Crippen LogP contribution in [-0.4, -0.2) is 60.7 Å². The normalized spacial score (nSPS) is 10.1. The Morgan fingerprint density at radius 3 is 1.80 bits per heavy atom. The van der Waals surface area contributed by atoms with Crippen LogP contribution in [0.5, 0.6) is 0 Å². The molecule has 0 rings (SSSR count). The number of rotatable bonds is 15. The number of carboxylic acids is 1. The SMILES string of the molecule is CCO/C(C)=N/O.CCO/C(C)=N/OCCCCCC(=O)[O-].CCOC(=O)CCCCCBr.[I-].[Li+]. The largest absolute Gasteiger partial charge is 1.00 e. The van der Waals surface area contributed by atoms with Crippen molar-refractivity contribution in [1.29, 1.82) is 0 Å². The fourth-order valence-electron chi connectivity index (χ4n) is 2.00. The van der Waals surface area contributed by atoms with E-state index in [1.807, 2.05) is 20.8 Å². The molecule has 1 N–H and O–H groups in total. The first-order chi connectivity index (χ1) is 15.8. The number of aliphatic carboxylic acids is 1. The molecule has 0 amide bonds. The molecule has 0 saturated heterocycles. The van der Waals surface area contributed by atoms with Gasteiger partial charge in [0.25, 0.3) is 0 Å². The summed E-state index contributed by atoms with van der Waals surface area (Å²) in [5.74, 6) is -0.252. The smallest absolute Gasteiger partial charge is 1.00 e. The van der Waals surface area contributed by atoms with Crippen LogP contribution in [0.15, 0.2) is 10.3 Å². The quantitative estimate of drug-likeness (QED) is 0.0243. The van der Waals surface area contributed by atoms with Crippen molar-refractivity contribution in [2.24, 2.45) is 10.3 Å². The van der Waals surface area contributed by atoms with E-state index in [-0.39, 0.29) is 55.2 Å². The molecule has 204 valence electrons. The number of oxime groups is 2. The van der Waals surface area contributed by atoms with E-state index < -0.39 is 5.97 Å². The molecule has 10 nitrogen and oxygen atoms in total. The van der Waals surface area contributed by atoms with Gasteiger partial charge in [0.2, 0.25) is 11.8 Å². The van der Waals surface area contributed by atoms with Crippen molar-refractivity contribution in [3.05, 3.63) is 0 Å². The van der Waals surface area contributed by atoms with Crippen molar-refractivity contribution in [3.63, 3.8) is 0 Å². The maximum Gasteiger partial charge on any atom is 1.00 e. The minimum Gasteiger partial charge on any atom is -1.00 e. The van der Waals surface area contributed by atoms with Crippen molar-refractivity contribution >= 4 is 39.7 Å². The maximum atomic E-state index is 10.8. The van der Waals surface area contributed by atoms with Gasteiger partial charge in [-0.2, -0.15) is 0 Å². The second-order valence-electron chi connectivity index (χ2n) is 6.42. The third-order valence-corrected chi connectivity index (χ3v) is 4.04. The second kappa shape index (κ2) is 37.8. The number of carbonyl (C=O) groups excluding carboxylic acids is 2. The molecule has 0 radical (unpaired) electrons. The van der Waals surface area contributed by atoms with Crippen molar-refractivity contribution in [2.45, 2.75) is 86.0 Å². The summed E-state index contributed by atoms with van der Waals surface area (Å²) in [6.07, 6.45) is 6.09. The van der Waals surface area contributed by atoms with Crippen LogP contribution in [0.25, 0.3) is 0 Å². The summed E-state index contributed by atoms with van der Waals surface area (Å²) in [5, 5.41) is 25.5. The number of hydrogen-bond acceptors (Lipinski definition) is 10. The Kier molecular flexibility index (Phi) is 47.9. The van der Waals surface area contributed by atoms with E-state index in [9.17, 15) is 14.7 Å². The molecule has 0 unspecified atom stereocenters. The van der Waals surface area contributed by atoms with Gasteiger partial charge in [-0.1, -0.05) is 32.7 Å². The van der Waals surface area contributed by atoms with E-state index in [1.165, 1.54) is 0 Å². The van der Waals surface area contributed by atoms with Gasteiger partial charge in [0, 0.05) is 31.6 Å². The summed E-state index contributed by atoms with van der Waals surface area (Å²) in [7, 11) is 0. The Hall–Kier alpha value is -0.713. The molecule has 0 aromatic rings. The topological polar surface area (TPSA) is 139 Å². The average Bonchev–Trinajstić information content (AvgIpc) is 2.77. The predicted octanol–water partition coefficient (Wildman–Crippen LogP) is -1.97. The molecule has 0 saturated carbocycles. The summed E-state index contributed by atoms with van der Waals surface area (Å²) in [6, 6.07) is 0. The minimum absolute atomic E-state index is 0. The Morgan fingerprint density at radius 1 is 0.829 bits per heavy atom. The zero-order valence-corrected chi connectivity index (χ0v) is 25.9. The minimum atomic E-state index is -0.999. The molecule has 0 atom stereocenters. The van der Waals surface area contributed by atoms with Crippen LogP contribution in [0.1, 0.15) is 86.0 Å². The molecule has 0 aromatic carbocycles. The average molecular weight is 676 g/mol. The molecule has 0 aliphatic carbocycles. The number of nitrogens with zero attached hydrogens (tertiary/aromatic N) is 2. The fourth-order valence-corrected chi connectivity index (χ4v) is 2.39. The van der Waals surface area contributed by atoms with Gasteiger partial charge < -0.3 is 58.1 Å². The van der Waals surface area contributed by atoms with Crippen molar-refractivity contribution in [2.75, 3.05) is 31.8 Å². The van der Waals surface area contributed by atoms with Crippen LogP contribution < -0.4 is 47.9 Å². The number of halogens is 2. The van der Waals surface area contributed by atoms with Gasteiger partial charge in [-0.05, 0) is 59.3 Å². The number of alkyl halides is 1. The first-order valence-corrected chi connectivity index (χ1v) is 12.4. The van der Waals surface area contributed by atoms with Crippen molar-refractivity contribution in [1.82, 2.24) is 0 Å². The van der Waals surface area contributed by atoms with Crippen molar-refractivity contribution in [3.8, 4) is 0 Å². The number of carboxylic acid groups (broad SMARTS) is 1. The molecule has 0 heterocycles. The Balaban J connectivity index is -0.000000133. The molecule has 35 heavy (non-hydrogen) atoms. The van der Waals surface area contributed by atoms with Gasteiger partial charge in [0.05, 0.1) is 19.8 Å². The summed E-state index contributed by atoms with van der Waals surface area (Å²) in [5.41, 5.74) is 0. The van der Waals surface area contributed by atoms with Crippen LogP contribution in [0.3, 0.4) is 0 Å². The zero-order chi connectivity index (χ0) is 25.7. The van der Waals surface area contributed by atoms with E-state index in [2.05, 4.69) is 26.2 Å². The van der Waals surface area contributed by atoms with E-state index in [0.717, 1.165) is 37.4 Å². The van der Waals surface area contributed by atoms with Crippen LogP contribution in [0.4, 0.5) is 0 Å². The maximum absolute atomic E-state index is 10.8. The van der Waals surface area contributed by atoms with Gasteiger partial charge >= 0.3 is 24.8 Å².